The summed E-state index contributed by atoms with van der Waals surface area (Å²) in [6, 6.07) is 0. The summed E-state index contributed by atoms with van der Waals surface area (Å²) in [6.45, 7) is 4.73. The van der Waals surface area contributed by atoms with Crippen LogP contribution < -0.4 is 0 Å². The van der Waals surface area contributed by atoms with Crippen LogP contribution in [0.1, 0.15) is 78.1 Å². The lowest BCUT2D eigenvalue weighted by molar-refractivity contribution is 0.654. The highest BCUT2D eigenvalue weighted by Gasteiger charge is 2.27. The summed E-state index contributed by atoms with van der Waals surface area (Å²) in [5.41, 5.74) is 0. The highest BCUT2D eigenvalue weighted by molar-refractivity contribution is 8.18. The van der Waals surface area contributed by atoms with Crippen LogP contribution in [0.3, 0.4) is 0 Å². The van der Waals surface area contributed by atoms with Gasteiger partial charge in [0.05, 0.1) is 4.08 Å². The van der Waals surface area contributed by atoms with E-state index < -0.39 is 0 Å². The second-order valence-electron chi connectivity index (χ2n) is 5.75. The minimum Gasteiger partial charge on any atom is -0.144 e. The van der Waals surface area contributed by atoms with Crippen molar-refractivity contribution >= 4 is 23.5 Å². The number of hydrogen-bond donors (Lipinski definition) is 0. The van der Waals surface area contributed by atoms with Crippen molar-refractivity contribution in [3.05, 3.63) is 12.2 Å². The van der Waals surface area contributed by atoms with Crippen LogP contribution in [0.5, 0.6) is 0 Å². The average Bonchev–Trinajstić information content (AvgIpc) is 2.42. The summed E-state index contributed by atoms with van der Waals surface area (Å²) in [5, 5.41) is 0. The maximum Gasteiger partial charge on any atom is 0.0583 e. The smallest absolute Gasteiger partial charge is 0.0583 e. The van der Waals surface area contributed by atoms with Crippen LogP contribution >= 0.6 is 23.5 Å². The van der Waals surface area contributed by atoms with E-state index in [2.05, 4.69) is 49.5 Å². The molecular formula is C17H32S2. The van der Waals surface area contributed by atoms with Gasteiger partial charge >= 0.3 is 0 Å². The van der Waals surface area contributed by atoms with Gasteiger partial charge in [0.1, 0.15) is 0 Å². The van der Waals surface area contributed by atoms with Crippen LogP contribution in [-0.4, -0.2) is 15.6 Å². The molecule has 0 aromatic rings. The predicted molar refractivity (Wildman–Crippen MR) is 94.3 cm³/mol. The second kappa shape index (κ2) is 11.1. The largest absolute Gasteiger partial charge is 0.144 e. The van der Waals surface area contributed by atoms with Gasteiger partial charge < -0.3 is 0 Å². The Kier molecular flexibility index (Phi) is 10.3. The lowest BCUT2D eigenvalue weighted by atomic mass is 10.1. The summed E-state index contributed by atoms with van der Waals surface area (Å²) >= 11 is 4.38. The molecule has 0 spiro atoms. The van der Waals surface area contributed by atoms with Gasteiger partial charge in [0.25, 0.3) is 0 Å². The topological polar surface area (TPSA) is 0 Å². The zero-order valence-electron chi connectivity index (χ0n) is 13.0. The fourth-order valence-corrected chi connectivity index (χ4v) is 5.49. The van der Waals surface area contributed by atoms with Crippen LogP contribution in [-0.2, 0) is 0 Å². The molecule has 1 rings (SSSR count). The molecule has 0 unspecified atom stereocenters. The third kappa shape index (κ3) is 9.07. The quantitative estimate of drug-likeness (QED) is 0.327. The Morgan fingerprint density at radius 2 is 1.53 bits per heavy atom. The van der Waals surface area contributed by atoms with Crippen LogP contribution in [0.2, 0.25) is 0 Å². The second-order valence-corrected chi connectivity index (χ2v) is 9.21. The molecule has 0 bridgehead atoms. The van der Waals surface area contributed by atoms with E-state index >= 15 is 0 Å². The molecule has 0 N–H and O–H groups in total. The molecule has 19 heavy (non-hydrogen) atoms. The standard InChI is InChI=1S/C17H32S2/c1-3-4-5-6-7-8-9-10-11-12-14-17(2)18-15-13-16-19-17/h8-9H,3-7,10-16H2,1-2H3. The summed E-state index contributed by atoms with van der Waals surface area (Å²) in [7, 11) is 0. The molecule has 112 valence electrons. The van der Waals surface area contributed by atoms with Crippen LogP contribution in [0.15, 0.2) is 12.2 Å². The Labute approximate surface area is 129 Å². The third-order valence-corrected chi connectivity index (χ3v) is 7.07. The molecule has 0 radical (unpaired) electrons. The molecule has 1 saturated heterocycles. The fraction of sp³-hybridized carbons (Fsp3) is 0.882. The first kappa shape index (κ1) is 17.5. The van der Waals surface area contributed by atoms with E-state index in [4.69, 9.17) is 0 Å². The Balaban J connectivity index is 1.91. The first-order valence-electron chi connectivity index (χ1n) is 8.20. The average molecular weight is 301 g/mol. The molecule has 0 aliphatic carbocycles. The highest BCUT2D eigenvalue weighted by atomic mass is 32.2. The van der Waals surface area contributed by atoms with E-state index in [0.29, 0.717) is 4.08 Å². The molecule has 0 aromatic heterocycles. The molecule has 1 heterocycles. The Hall–Kier alpha value is 0.440. The molecule has 0 aromatic carbocycles. The molecule has 1 aliphatic rings. The molecule has 1 fully saturated rings. The van der Waals surface area contributed by atoms with Gasteiger partial charge in [0.2, 0.25) is 0 Å². The van der Waals surface area contributed by atoms with Gasteiger partial charge in [-0.3, -0.25) is 0 Å². The van der Waals surface area contributed by atoms with Crippen molar-refractivity contribution in [2.75, 3.05) is 11.5 Å². The Morgan fingerprint density at radius 1 is 0.895 bits per heavy atom. The summed E-state index contributed by atoms with van der Waals surface area (Å²) in [4.78, 5) is 0. The molecular weight excluding hydrogens is 268 g/mol. The van der Waals surface area contributed by atoms with Gasteiger partial charge in [-0.05, 0) is 57.0 Å². The van der Waals surface area contributed by atoms with Crippen LogP contribution in [0.4, 0.5) is 0 Å². The van der Waals surface area contributed by atoms with E-state index in [1.807, 2.05) is 0 Å². The van der Waals surface area contributed by atoms with Crippen molar-refractivity contribution in [3.8, 4) is 0 Å². The van der Waals surface area contributed by atoms with Crippen molar-refractivity contribution in [2.24, 2.45) is 0 Å². The third-order valence-electron chi connectivity index (χ3n) is 3.75. The molecule has 1 aliphatic heterocycles. The zero-order chi connectivity index (χ0) is 13.8. The fourth-order valence-electron chi connectivity index (χ4n) is 2.45. The Bertz CT molecular complexity index is 229. The normalized spacial score (nSPS) is 19.1. The van der Waals surface area contributed by atoms with Crippen molar-refractivity contribution in [1.82, 2.24) is 0 Å². The summed E-state index contributed by atoms with van der Waals surface area (Å²) in [5.74, 6) is 2.75. The van der Waals surface area contributed by atoms with Gasteiger partial charge in [0.15, 0.2) is 0 Å². The monoisotopic (exact) mass is 300 g/mol. The van der Waals surface area contributed by atoms with E-state index in [0.717, 1.165) is 0 Å². The first-order valence-corrected chi connectivity index (χ1v) is 10.2. The van der Waals surface area contributed by atoms with E-state index in [1.54, 1.807) is 0 Å². The minimum atomic E-state index is 0.530. The molecule has 0 nitrogen and oxygen atoms in total. The SMILES string of the molecule is CCCCCCC=CCCCCC1(C)SCCCS1. The molecule has 0 atom stereocenters. The van der Waals surface area contributed by atoms with E-state index in [-0.39, 0.29) is 0 Å². The van der Waals surface area contributed by atoms with Gasteiger partial charge in [-0.25, -0.2) is 0 Å². The molecule has 0 saturated carbocycles. The maximum absolute atomic E-state index is 2.45. The molecule has 0 amide bonds. The lowest BCUT2D eigenvalue weighted by Crippen LogP contribution is -2.20. The van der Waals surface area contributed by atoms with Gasteiger partial charge in [-0.1, -0.05) is 44.8 Å². The predicted octanol–water partition coefficient (Wildman–Crippen LogP) is 6.66. The Morgan fingerprint density at radius 3 is 2.16 bits per heavy atom. The number of hydrogen-bond acceptors (Lipinski definition) is 2. The minimum absolute atomic E-state index is 0.530. The number of thioether (sulfide) groups is 2. The highest BCUT2D eigenvalue weighted by Crippen LogP contribution is 2.45. The van der Waals surface area contributed by atoms with E-state index in [1.165, 1.54) is 75.7 Å². The summed E-state index contributed by atoms with van der Waals surface area (Å²) < 4.78 is 0.530. The van der Waals surface area contributed by atoms with E-state index in [9.17, 15) is 0 Å². The maximum atomic E-state index is 2.45. The van der Waals surface area contributed by atoms with Crippen LogP contribution in [0, 0.1) is 0 Å². The number of unbranched alkanes of at least 4 members (excludes halogenated alkanes) is 6. The van der Waals surface area contributed by atoms with Gasteiger partial charge in [-0.2, -0.15) is 0 Å². The number of allylic oxidation sites excluding steroid dienone is 2. The zero-order valence-corrected chi connectivity index (χ0v) is 14.6. The van der Waals surface area contributed by atoms with Crippen LogP contribution in [0.25, 0.3) is 0 Å². The van der Waals surface area contributed by atoms with Crippen molar-refractivity contribution in [2.45, 2.75) is 82.1 Å². The van der Waals surface area contributed by atoms with Crippen molar-refractivity contribution < 1.29 is 0 Å². The summed E-state index contributed by atoms with van der Waals surface area (Å²) in [6.07, 6.45) is 18.5. The molecule has 2 heteroatoms. The van der Waals surface area contributed by atoms with Gasteiger partial charge in [-0.15, -0.1) is 23.5 Å². The lowest BCUT2D eigenvalue weighted by Gasteiger charge is -2.32. The van der Waals surface area contributed by atoms with Gasteiger partial charge in [0, 0.05) is 0 Å². The number of rotatable bonds is 10. The van der Waals surface area contributed by atoms with Crippen molar-refractivity contribution in [1.29, 1.82) is 0 Å². The van der Waals surface area contributed by atoms with Crippen molar-refractivity contribution in [3.63, 3.8) is 0 Å². The first-order chi connectivity index (χ1) is 9.27.